The summed E-state index contributed by atoms with van der Waals surface area (Å²) < 4.78 is 22.3. The van der Waals surface area contributed by atoms with Crippen LogP contribution in [0.2, 0.25) is 0 Å². The first-order valence-corrected chi connectivity index (χ1v) is 11.9. The quantitative estimate of drug-likeness (QED) is 0.258. The summed E-state index contributed by atoms with van der Waals surface area (Å²) in [6.45, 7) is 4.64. The van der Waals surface area contributed by atoms with Gasteiger partial charge in [0.05, 0.1) is 26.5 Å². The fourth-order valence-electron chi connectivity index (χ4n) is 3.22. The predicted octanol–water partition coefficient (Wildman–Crippen LogP) is 4.66. The van der Waals surface area contributed by atoms with Crippen LogP contribution in [-0.4, -0.2) is 45.0 Å². The van der Waals surface area contributed by atoms with Gasteiger partial charge in [-0.3, -0.25) is 9.59 Å². The van der Waals surface area contributed by atoms with Crippen molar-refractivity contribution in [2.24, 2.45) is 5.10 Å². The third-order valence-electron chi connectivity index (χ3n) is 4.95. The molecule has 0 bridgehead atoms. The zero-order valence-corrected chi connectivity index (χ0v) is 21.2. The second kappa shape index (κ2) is 14.1. The van der Waals surface area contributed by atoms with Crippen LogP contribution >= 0.6 is 0 Å². The average molecular weight is 506 g/mol. The van der Waals surface area contributed by atoms with Crippen LogP contribution in [0.3, 0.4) is 0 Å². The molecule has 0 fully saturated rings. The molecule has 0 heterocycles. The van der Waals surface area contributed by atoms with Gasteiger partial charge in [-0.1, -0.05) is 25.1 Å². The number of nitrogens with zero attached hydrogens (tertiary/aromatic N) is 1. The van der Waals surface area contributed by atoms with E-state index in [1.54, 1.807) is 48.5 Å². The van der Waals surface area contributed by atoms with Crippen molar-refractivity contribution in [2.75, 3.05) is 32.2 Å². The molecule has 194 valence electrons. The number of hydrogen-bond acceptors (Lipinski definition) is 7. The number of anilines is 1. The predicted molar refractivity (Wildman–Crippen MR) is 142 cm³/mol. The van der Waals surface area contributed by atoms with Gasteiger partial charge in [0.2, 0.25) is 0 Å². The normalized spacial score (nSPS) is 10.6. The molecule has 0 radical (unpaired) electrons. The Morgan fingerprint density at radius 1 is 0.865 bits per heavy atom. The van der Waals surface area contributed by atoms with E-state index in [4.69, 9.17) is 18.9 Å². The van der Waals surface area contributed by atoms with Gasteiger partial charge in [-0.25, -0.2) is 5.43 Å². The summed E-state index contributed by atoms with van der Waals surface area (Å²) in [4.78, 5) is 24.7. The maximum atomic E-state index is 12.5. The van der Waals surface area contributed by atoms with E-state index in [1.165, 1.54) is 13.3 Å². The van der Waals surface area contributed by atoms with E-state index in [0.717, 1.165) is 6.42 Å². The van der Waals surface area contributed by atoms with Crippen LogP contribution in [0.4, 0.5) is 5.69 Å². The number of ether oxygens (including phenoxy) is 4. The summed E-state index contributed by atoms with van der Waals surface area (Å²) >= 11 is 0. The van der Waals surface area contributed by atoms with Crippen molar-refractivity contribution in [2.45, 2.75) is 20.3 Å². The number of nitrogens with one attached hydrogen (secondary N) is 2. The number of benzene rings is 3. The highest BCUT2D eigenvalue weighted by Gasteiger charge is 2.12. The van der Waals surface area contributed by atoms with E-state index in [9.17, 15) is 9.59 Å². The minimum Gasteiger partial charge on any atom is -0.493 e. The number of rotatable bonds is 13. The lowest BCUT2D eigenvalue weighted by molar-refractivity contribution is -0.118. The van der Waals surface area contributed by atoms with Crippen LogP contribution in [0.5, 0.6) is 23.0 Å². The molecule has 0 atom stereocenters. The highest BCUT2D eigenvalue weighted by molar-refractivity contribution is 5.95. The first-order chi connectivity index (χ1) is 18.0. The number of hydrogen-bond donors (Lipinski definition) is 2. The number of hydrazone groups is 1. The molecule has 3 rings (SSSR count). The summed E-state index contributed by atoms with van der Waals surface area (Å²) in [5.74, 6) is 1.24. The third kappa shape index (κ3) is 8.28. The summed E-state index contributed by atoms with van der Waals surface area (Å²) in [5.41, 5.74) is 4.24. The van der Waals surface area contributed by atoms with E-state index in [-0.39, 0.29) is 12.5 Å². The molecule has 0 aromatic heterocycles. The number of para-hydroxylation sites is 1. The Morgan fingerprint density at radius 3 is 2.35 bits per heavy atom. The smallest absolute Gasteiger partial charge is 0.271 e. The average Bonchev–Trinajstić information content (AvgIpc) is 2.92. The van der Waals surface area contributed by atoms with Crippen LogP contribution in [0.15, 0.2) is 71.8 Å². The molecule has 0 saturated carbocycles. The Morgan fingerprint density at radius 2 is 1.62 bits per heavy atom. The van der Waals surface area contributed by atoms with Crippen molar-refractivity contribution >= 4 is 23.7 Å². The standard InChI is InChI=1S/C28H31N3O6/c1-4-15-36-23-14-12-21(17-25(23)34-3)28(33)31-29-18-20-11-13-24(26(16-20)35-5-2)37-19-27(32)30-22-9-7-6-8-10-22/h6-14,16-18H,4-5,15,19H2,1-3H3,(H,30,32)(H,31,33)/b29-18+. The molecule has 37 heavy (non-hydrogen) atoms. The highest BCUT2D eigenvalue weighted by Crippen LogP contribution is 2.29. The van der Waals surface area contributed by atoms with Gasteiger partial charge in [-0.15, -0.1) is 0 Å². The molecule has 9 heteroatoms. The number of methoxy groups -OCH3 is 1. The molecule has 0 aliphatic heterocycles. The van der Waals surface area contributed by atoms with Gasteiger partial charge in [-0.05, 0) is 67.4 Å². The van der Waals surface area contributed by atoms with Gasteiger partial charge in [0.25, 0.3) is 11.8 Å². The lowest BCUT2D eigenvalue weighted by Crippen LogP contribution is -2.20. The number of carbonyl (C=O) groups is 2. The summed E-state index contributed by atoms with van der Waals surface area (Å²) in [7, 11) is 1.52. The molecular formula is C28H31N3O6. The molecular weight excluding hydrogens is 474 g/mol. The Hall–Kier alpha value is -4.53. The van der Waals surface area contributed by atoms with Crippen LogP contribution in [0, 0.1) is 0 Å². The molecule has 2 N–H and O–H groups in total. The molecule has 9 nitrogen and oxygen atoms in total. The van der Waals surface area contributed by atoms with Crippen molar-refractivity contribution in [3.8, 4) is 23.0 Å². The molecule has 3 aromatic rings. The first kappa shape index (κ1) is 27.1. The second-order valence-corrected chi connectivity index (χ2v) is 7.76. The third-order valence-corrected chi connectivity index (χ3v) is 4.95. The lowest BCUT2D eigenvalue weighted by atomic mass is 10.2. The highest BCUT2D eigenvalue weighted by atomic mass is 16.5. The maximum Gasteiger partial charge on any atom is 0.271 e. The van der Waals surface area contributed by atoms with E-state index in [2.05, 4.69) is 15.8 Å². The fourth-order valence-corrected chi connectivity index (χ4v) is 3.22. The largest absolute Gasteiger partial charge is 0.493 e. The first-order valence-electron chi connectivity index (χ1n) is 11.9. The van der Waals surface area contributed by atoms with Gasteiger partial charge < -0.3 is 24.3 Å². The Labute approximate surface area is 216 Å². The molecule has 3 aromatic carbocycles. The zero-order valence-electron chi connectivity index (χ0n) is 21.2. The lowest BCUT2D eigenvalue weighted by Gasteiger charge is -2.12. The van der Waals surface area contributed by atoms with E-state index in [1.807, 2.05) is 32.0 Å². The van der Waals surface area contributed by atoms with Crippen molar-refractivity contribution in [1.82, 2.24) is 5.43 Å². The van der Waals surface area contributed by atoms with Crippen LogP contribution in [0.25, 0.3) is 0 Å². The fraction of sp³-hybridized carbons (Fsp3) is 0.250. The van der Waals surface area contributed by atoms with Crippen LogP contribution in [-0.2, 0) is 4.79 Å². The van der Waals surface area contributed by atoms with Crippen molar-refractivity contribution < 1.29 is 28.5 Å². The maximum absolute atomic E-state index is 12.5. The summed E-state index contributed by atoms with van der Waals surface area (Å²) in [6.07, 6.45) is 2.35. The van der Waals surface area contributed by atoms with E-state index < -0.39 is 5.91 Å². The molecule has 0 saturated heterocycles. The van der Waals surface area contributed by atoms with E-state index in [0.29, 0.717) is 53.0 Å². The van der Waals surface area contributed by atoms with Crippen LogP contribution < -0.4 is 29.7 Å². The monoisotopic (exact) mass is 505 g/mol. The zero-order chi connectivity index (χ0) is 26.5. The summed E-state index contributed by atoms with van der Waals surface area (Å²) in [6, 6.07) is 19.2. The second-order valence-electron chi connectivity index (χ2n) is 7.76. The molecule has 2 amide bonds. The summed E-state index contributed by atoms with van der Waals surface area (Å²) in [5, 5.41) is 6.81. The number of amides is 2. The van der Waals surface area contributed by atoms with Crippen LogP contribution in [0.1, 0.15) is 36.2 Å². The minimum atomic E-state index is -0.397. The molecule has 0 spiro atoms. The van der Waals surface area contributed by atoms with E-state index >= 15 is 0 Å². The molecule has 0 aliphatic rings. The van der Waals surface area contributed by atoms with Gasteiger partial charge in [-0.2, -0.15) is 5.10 Å². The number of carbonyl (C=O) groups excluding carboxylic acids is 2. The van der Waals surface area contributed by atoms with Gasteiger partial charge >= 0.3 is 0 Å². The Kier molecular flexibility index (Phi) is 10.3. The Balaban J connectivity index is 1.60. The van der Waals surface area contributed by atoms with Gasteiger partial charge in [0.1, 0.15) is 0 Å². The topological polar surface area (TPSA) is 107 Å². The van der Waals surface area contributed by atoms with Crippen molar-refractivity contribution in [1.29, 1.82) is 0 Å². The van der Waals surface area contributed by atoms with Crippen molar-refractivity contribution in [3.63, 3.8) is 0 Å². The van der Waals surface area contributed by atoms with Gasteiger partial charge in [0, 0.05) is 11.3 Å². The van der Waals surface area contributed by atoms with Crippen molar-refractivity contribution in [3.05, 3.63) is 77.9 Å². The SMILES string of the molecule is CCCOc1ccc(C(=O)N/N=C/c2ccc(OCC(=O)Nc3ccccc3)c(OCC)c2)cc1OC. The minimum absolute atomic E-state index is 0.176. The molecule has 0 unspecified atom stereocenters. The Bertz CT molecular complexity index is 1210. The molecule has 0 aliphatic carbocycles. The van der Waals surface area contributed by atoms with Gasteiger partial charge in [0.15, 0.2) is 29.6 Å².